The first kappa shape index (κ1) is 20.5. The van der Waals surface area contributed by atoms with Crippen molar-refractivity contribution in [2.24, 2.45) is 0 Å². The summed E-state index contributed by atoms with van der Waals surface area (Å²) >= 11 is 1.54. The number of para-hydroxylation sites is 1. The van der Waals surface area contributed by atoms with E-state index in [9.17, 15) is 14.7 Å². The lowest BCUT2D eigenvalue weighted by Crippen LogP contribution is -2.30. The number of benzene rings is 3. The first-order valence-electron chi connectivity index (χ1n) is 9.11. The molecule has 0 saturated carbocycles. The second-order valence-electron chi connectivity index (χ2n) is 6.38. The van der Waals surface area contributed by atoms with Crippen LogP contribution in [0.2, 0.25) is 0 Å². The average molecular weight is 407 g/mol. The zero-order chi connectivity index (χ0) is 20.6. The molecular weight excluding hydrogens is 386 g/mol. The normalized spacial score (nSPS) is 11.5. The van der Waals surface area contributed by atoms with Crippen LogP contribution in [-0.4, -0.2) is 23.1 Å². The first-order chi connectivity index (χ1) is 14.0. The zero-order valence-corrected chi connectivity index (χ0v) is 16.7. The highest BCUT2D eigenvalue weighted by Crippen LogP contribution is 2.33. The molecule has 0 heterocycles. The lowest BCUT2D eigenvalue weighted by Gasteiger charge is -2.15. The van der Waals surface area contributed by atoms with Gasteiger partial charge in [0.2, 0.25) is 0 Å². The van der Waals surface area contributed by atoms with E-state index in [2.05, 4.69) is 5.32 Å². The van der Waals surface area contributed by atoms with Gasteiger partial charge >= 0.3 is 5.97 Å². The predicted molar refractivity (Wildman–Crippen MR) is 113 cm³/mol. The monoisotopic (exact) mass is 407 g/mol. The Morgan fingerprint density at radius 2 is 1.62 bits per heavy atom. The molecule has 0 aromatic heterocycles. The van der Waals surface area contributed by atoms with Gasteiger partial charge in [0, 0.05) is 9.79 Å². The summed E-state index contributed by atoms with van der Waals surface area (Å²) in [5, 5.41) is 12.1. The molecule has 5 nitrogen and oxygen atoms in total. The highest BCUT2D eigenvalue weighted by atomic mass is 32.2. The Bertz CT molecular complexity index is 974. The van der Waals surface area contributed by atoms with Gasteiger partial charge in [-0.05, 0) is 48.9 Å². The number of phenols is 1. The molecule has 29 heavy (non-hydrogen) atoms. The number of nitrogens with one attached hydrogen (secondary N) is 1. The van der Waals surface area contributed by atoms with Gasteiger partial charge in [-0.25, -0.2) is 0 Å². The van der Waals surface area contributed by atoms with Gasteiger partial charge in [0.15, 0.2) is 6.10 Å². The summed E-state index contributed by atoms with van der Waals surface area (Å²) in [6.45, 7) is 1.54. The Hall–Kier alpha value is -3.25. The van der Waals surface area contributed by atoms with Crippen molar-refractivity contribution >= 4 is 29.3 Å². The van der Waals surface area contributed by atoms with Crippen molar-refractivity contribution in [3.05, 3.63) is 84.4 Å². The largest absolute Gasteiger partial charge is 0.508 e. The molecule has 3 rings (SSSR count). The van der Waals surface area contributed by atoms with Gasteiger partial charge in [0.05, 0.1) is 12.1 Å². The molecule has 148 valence electrons. The van der Waals surface area contributed by atoms with Gasteiger partial charge < -0.3 is 15.2 Å². The molecule has 6 heteroatoms. The number of ether oxygens (including phenoxy) is 1. The minimum absolute atomic E-state index is 0.0261. The van der Waals surface area contributed by atoms with Crippen LogP contribution in [0.15, 0.2) is 88.7 Å². The summed E-state index contributed by atoms with van der Waals surface area (Å²) in [5.41, 5.74) is 1.36. The lowest BCUT2D eigenvalue weighted by atomic mass is 10.1. The molecule has 3 aromatic carbocycles. The molecule has 2 N–H and O–H groups in total. The SMILES string of the molecule is C[C@H](OC(=O)Cc1ccc(O)cc1)C(=O)Nc1ccccc1Sc1ccccc1. The molecular formula is C23H21NO4S. The highest BCUT2D eigenvalue weighted by molar-refractivity contribution is 7.99. The van der Waals surface area contributed by atoms with Gasteiger partial charge in [0.1, 0.15) is 5.75 Å². The smallest absolute Gasteiger partial charge is 0.311 e. The first-order valence-corrected chi connectivity index (χ1v) is 9.93. The third-order valence-electron chi connectivity index (χ3n) is 4.08. The fourth-order valence-electron chi connectivity index (χ4n) is 2.58. The van der Waals surface area contributed by atoms with Gasteiger partial charge in [-0.2, -0.15) is 0 Å². The highest BCUT2D eigenvalue weighted by Gasteiger charge is 2.19. The molecule has 0 saturated heterocycles. The van der Waals surface area contributed by atoms with Crippen LogP contribution in [0.5, 0.6) is 5.75 Å². The topological polar surface area (TPSA) is 75.6 Å². The predicted octanol–water partition coefficient (Wildman–Crippen LogP) is 4.66. The molecule has 0 spiro atoms. The van der Waals surface area contributed by atoms with Crippen molar-refractivity contribution in [3.8, 4) is 5.75 Å². The van der Waals surface area contributed by atoms with E-state index in [-0.39, 0.29) is 12.2 Å². The minimum atomic E-state index is -0.936. The van der Waals surface area contributed by atoms with Crippen molar-refractivity contribution in [3.63, 3.8) is 0 Å². The Morgan fingerprint density at radius 3 is 2.34 bits per heavy atom. The number of esters is 1. The maximum Gasteiger partial charge on any atom is 0.311 e. The van der Waals surface area contributed by atoms with E-state index in [4.69, 9.17) is 4.74 Å². The van der Waals surface area contributed by atoms with E-state index in [1.54, 1.807) is 23.9 Å². The number of anilines is 1. The van der Waals surface area contributed by atoms with E-state index >= 15 is 0 Å². The summed E-state index contributed by atoms with van der Waals surface area (Å²) in [6.07, 6.45) is -0.910. The Kier molecular flexibility index (Phi) is 6.92. The maximum atomic E-state index is 12.5. The van der Waals surface area contributed by atoms with Gasteiger partial charge in [0.25, 0.3) is 5.91 Å². The number of carbonyl (C=O) groups is 2. The van der Waals surface area contributed by atoms with Crippen molar-refractivity contribution in [2.45, 2.75) is 29.2 Å². The van der Waals surface area contributed by atoms with Gasteiger partial charge in [-0.3, -0.25) is 9.59 Å². The summed E-state index contributed by atoms with van der Waals surface area (Å²) in [7, 11) is 0. The Balaban J connectivity index is 1.59. The van der Waals surface area contributed by atoms with Crippen molar-refractivity contribution < 1.29 is 19.4 Å². The fraction of sp³-hybridized carbons (Fsp3) is 0.130. The Labute approximate surface area is 173 Å². The summed E-state index contributed by atoms with van der Waals surface area (Å²) < 4.78 is 5.26. The Morgan fingerprint density at radius 1 is 0.966 bits per heavy atom. The minimum Gasteiger partial charge on any atom is -0.508 e. The molecule has 3 aromatic rings. The molecule has 1 amide bonds. The van der Waals surface area contributed by atoms with Gasteiger partial charge in [-0.1, -0.05) is 54.2 Å². The summed E-state index contributed by atoms with van der Waals surface area (Å²) in [5.74, 6) is -0.780. The second-order valence-corrected chi connectivity index (χ2v) is 7.49. The number of carbonyl (C=O) groups excluding carboxylic acids is 2. The van der Waals surface area contributed by atoms with E-state index in [1.807, 2.05) is 54.6 Å². The van der Waals surface area contributed by atoms with Crippen molar-refractivity contribution in [1.82, 2.24) is 0 Å². The molecule has 0 bridgehead atoms. The van der Waals surface area contributed by atoms with E-state index in [0.717, 1.165) is 9.79 Å². The van der Waals surface area contributed by atoms with Crippen molar-refractivity contribution in [2.75, 3.05) is 5.32 Å². The van der Waals surface area contributed by atoms with Crippen LogP contribution in [0.1, 0.15) is 12.5 Å². The quantitative estimate of drug-likeness (QED) is 0.557. The molecule has 0 aliphatic carbocycles. The lowest BCUT2D eigenvalue weighted by molar-refractivity contribution is -0.152. The number of rotatable bonds is 7. The van der Waals surface area contributed by atoms with E-state index < -0.39 is 18.0 Å². The summed E-state index contributed by atoms with van der Waals surface area (Å²) in [4.78, 5) is 26.6. The third-order valence-corrected chi connectivity index (χ3v) is 5.16. The number of hydrogen-bond donors (Lipinski definition) is 2. The van der Waals surface area contributed by atoms with Crippen LogP contribution >= 0.6 is 11.8 Å². The number of hydrogen-bond acceptors (Lipinski definition) is 5. The maximum absolute atomic E-state index is 12.5. The fourth-order valence-corrected chi connectivity index (χ4v) is 3.50. The average Bonchev–Trinajstić information content (AvgIpc) is 2.72. The van der Waals surface area contributed by atoms with Crippen molar-refractivity contribution in [1.29, 1.82) is 0 Å². The van der Waals surface area contributed by atoms with Gasteiger partial charge in [-0.15, -0.1) is 0 Å². The third kappa shape index (κ3) is 6.12. The number of aromatic hydroxyl groups is 1. The number of phenolic OH excluding ortho intramolecular Hbond substituents is 1. The van der Waals surface area contributed by atoms with E-state index in [0.29, 0.717) is 11.3 Å². The summed E-state index contributed by atoms with van der Waals surface area (Å²) in [6, 6.07) is 23.6. The van der Waals surface area contributed by atoms with Crippen LogP contribution in [0.3, 0.4) is 0 Å². The molecule has 0 aliphatic heterocycles. The molecule has 1 atom stereocenters. The van der Waals surface area contributed by atoms with E-state index in [1.165, 1.54) is 19.1 Å². The van der Waals surface area contributed by atoms with Crippen LogP contribution in [0.25, 0.3) is 0 Å². The number of amides is 1. The van der Waals surface area contributed by atoms with Crippen LogP contribution in [0, 0.1) is 0 Å². The van der Waals surface area contributed by atoms with Crippen LogP contribution < -0.4 is 5.32 Å². The molecule has 0 radical (unpaired) electrons. The van der Waals surface area contributed by atoms with Crippen LogP contribution in [0.4, 0.5) is 5.69 Å². The van der Waals surface area contributed by atoms with Crippen LogP contribution in [-0.2, 0) is 20.7 Å². The zero-order valence-electron chi connectivity index (χ0n) is 15.9. The second kappa shape index (κ2) is 9.80. The molecule has 0 fully saturated rings. The molecule has 0 unspecified atom stereocenters. The molecule has 0 aliphatic rings. The standard InChI is InChI=1S/C23H21NO4S/c1-16(28-22(26)15-17-11-13-18(25)14-12-17)23(27)24-20-9-5-6-10-21(20)29-19-7-3-2-4-8-19/h2-14,16,25H,15H2,1H3,(H,24,27)/t16-/m0/s1.